The highest BCUT2D eigenvalue weighted by Gasteiger charge is 2.50. The van der Waals surface area contributed by atoms with Crippen molar-refractivity contribution in [3.8, 4) is 5.75 Å². The van der Waals surface area contributed by atoms with Gasteiger partial charge in [-0.3, -0.25) is 27.7 Å². The number of benzene rings is 1. The lowest BCUT2D eigenvalue weighted by atomic mass is 9.87. The number of nitrogens with one attached hydrogen (secondary N) is 2. The third kappa shape index (κ3) is 14.6. The Labute approximate surface area is 333 Å². The van der Waals surface area contributed by atoms with Crippen molar-refractivity contribution in [3.63, 3.8) is 0 Å². The van der Waals surface area contributed by atoms with Crippen molar-refractivity contribution in [2.24, 2.45) is 5.41 Å². The van der Waals surface area contributed by atoms with E-state index in [4.69, 9.17) is 29.7 Å². The van der Waals surface area contributed by atoms with E-state index in [-0.39, 0.29) is 47.2 Å². The Morgan fingerprint density at radius 1 is 1.05 bits per heavy atom. The van der Waals surface area contributed by atoms with E-state index in [0.29, 0.717) is 12.3 Å². The molecule has 0 aliphatic carbocycles. The molecule has 26 nitrogen and oxygen atoms in total. The van der Waals surface area contributed by atoms with Gasteiger partial charge < -0.3 is 61.1 Å². The summed E-state index contributed by atoms with van der Waals surface area (Å²) < 4.78 is 61.7. The maximum Gasteiger partial charge on any atom is 0.481 e. The molecule has 58 heavy (non-hydrogen) atoms. The van der Waals surface area contributed by atoms with Gasteiger partial charge in [0.15, 0.2) is 17.7 Å². The summed E-state index contributed by atoms with van der Waals surface area (Å²) in [5.41, 5.74) is 4.40. The van der Waals surface area contributed by atoms with Gasteiger partial charge >= 0.3 is 29.4 Å². The van der Waals surface area contributed by atoms with Crippen LogP contribution in [0.3, 0.4) is 0 Å². The number of carboxylic acid groups (broad SMARTS) is 1. The number of carbonyl (C=O) groups excluding carboxylic acids is 2. The number of aromatic hydroxyl groups is 1. The molecule has 12 N–H and O–H groups in total. The number of nitrogen functional groups attached to an aromatic ring is 1. The molecule has 0 bridgehead atoms. The first kappa shape index (κ1) is 48.7. The number of ether oxygens (including phenoxy) is 1. The van der Waals surface area contributed by atoms with Crippen LogP contribution in [0.4, 0.5) is 5.82 Å². The van der Waals surface area contributed by atoms with E-state index in [9.17, 15) is 57.9 Å². The van der Waals surface area contributed by atoms with Crippen LogP contribution in [0, 0.1) is 5.41 Å². The van der Waals surface area contributed by atoms with Gasteiger partial charge in [0.25, 0.3) is 0 Å². The summed E-state index contributed by atoms with van der Waals surface area (Å²) in [5.74, 6) is -2.00. The Morgan fingerprint density at radius 3 is 2.33 bits per heavy atom. The van der Waals surface area contributed by atoms with E-state index in [1.807, 2.05) is 0 Å². The molecule has 0 radical (unpaired) electrons. The van der Waals surface area contributed by atoms with Crippen LogP contribution < -0.4 is 16.4 Å². The first-order valence-electron chi connectivity index (χ1n) is 16.4. The number of phenols is 1. The van der Waals surface area contributed by atoms with Crippen LogP contribution in [-0.4, -0.2) is 134 Å². The number of aliphatic hydroxyl groups excluding tert-OH is 2. The van der Waals surface area contributed by atoms with E-state index in [0.717, 1.165) is 17.2 Å². The van der Waals surface area contributed by atoms with Crippen LogP contribution in [0.5, 0.6) is 5.75 Å². The number of aliphatic hydroxyl groups is 2. The Kier molecular flexibility index (Phi) is 17.3. The summed E-state index contributed by atoms with van der Waals surface area (Å²) in [6, 6.07) is 5.52. The highest BCUT2D eigenvalue weighted by molar-refractivity contribution is 7.80. The third-order valence-corrected chi connectivity index (χ3v) is 10.9. The zero-order chi connectivity index (χ0) is 43.6. The first-order valence-corrected chi connectivity index (χ1v) is 21.5. The minimum atomic E-state index is -5.54. The predicted molar refractivity (Wildman–Crippen MR) is 199 cm³/mol. The topological polar surface area (TPSA) is 404 Å². The number of anilines is 1. The zero-order valence-corrected chi connectivity index (χ0v) is 33.9. The lowest BCUT2D eigenvalue weighted by molar-refractivity contribution is -0.137. The Hall–Kier alpha value is -3.62. The number of amides is 2. The van der Waals surface area contributed by atoms with Crippen molar-refractivity contribution < 1.29 is 90.7 Å². The number of hydrogen-bond donors (Lipinski definition) is 12. The Balaban J connectivity index is 0.000000781. The number of carboxylic acids is 1. The Morgan fingerprint density at radius 2 is 1.72 bits per heavy atom. The predicted octanol–water partition coefficient (Wildman–Crippen LogP) is -0.575. The van der Waals surface area contributed by atoms with Gasteiger partial charge in [-0.1, -0.05) is 19.9 Å². The number of rotatable bonds is 19. The number of thiol groups is 1. The number of phenolic OH excluding ortho intramolecular Hbond substituents is 1. The third-order valence-electron chi connectivity index (χ3n) is 7.60. The molecule has 1 aromatic carbocycles. The number of nitrogens with zero attached hydrogens (tertiary/aromatic N) is 4. The maximum absolute atomic E-state index is 12.6. The van der Waals surface area contributed by atoms with Crippen molar-refractivity contribution >= 4 is 70.9 Å². The normalized spacial score (nSPS) is 20.9. The molecule has 2 amide bonds. The summed E-state index contributed by atoms with van der Waals surface area (Å²) in [5, 5.41) is 43.3. The van der Waals surface area contributed by atoms with E-state index < -0.39 is 84.6 Å². The highest BCUT2D eigenvalue weighted by atomic mass is 32.1. The van der Waals surface area contributed by atoms with Crippen molar-refractivity contribution in [1.29, 1.82) is 0 Å². The summed E-state index contributed by atoms with van der Waals surface area (Å²) in [7, 11) is -16.3. The SMILES string of the molecule is CC(C)(COP(=O)(O)OP(=O)(O)OC[C@H]1O[C@@H](n2cnc3c(N)ncnc32)[C@H](O)[C@@H]1OP(=O)(O)O)[C@@H](O)C(=O)NCCC(=O)NCCS.O=C(O)c1cccc(O)c1. The lowest BCUT2D eigenvalue weighted by Gasteiger charge is -2.30. The van der Waals surface area contributed by atoms with Gasteiger partial charge in [0.1, 0.15) is 42.0 Å². The minimum Gasteiger partial charge on any atom is -0.508 e. The fraction of sp³-hybridized carbons (Fsp3) is 0.500. The molecule has 1 saturated heterocycles. The second-order valence-corrected chi connectivity index (χ2v) is 17.3. The van der Waals surface area contributed by atoms with Gasteiger partial charge in [-0.05, 0) is 18.2 Å². The number of aromatic carboxylic acids is 1. The minimum absolute atomic E-state index is 0.0279. The zero-order valence-electron chi connectivity index (χ0n) is 30.3. The molecule has 0 saturated carbocycles. The second kappa shape index (κ2) is 20.6. The van der Waals surface area contributed by atoms with Gasteiger partial charge in [0.2, 0.25) is 11.8 Å². The first-order chi connectivity index (χ1) is 26.9. The van der Waals surface area contributed by atoms with E-state index in [1.165, 1.54) is 38.1 Å². The van der Waals surface area contributed by atoms with Crippen molar-refractivity contribution in [2.45, 2.75) is 50.9 Å². The van der Waals surface area contributed by atoms with E-state index >= 15 is 0 Å². The number of phosphoric acid groups is 3. The maximum atomic E-state index is 12.6. The summed E-state index contributed by atoms with van der Waals surface area (Å²) >= 11 is 3.95. The van der Waals surface area contributed by atoms with Crippen molar-refractivity contribution in [1.82, 2.24) is 30.2 Å². The van der Waals surface area contributed by atoms with Gasteiger partial charge in [-0.25, -0.2) is 33.4 Å². The lowest BCUT2D eigenvalue weighted by Crippen LogP contribution is -2.46. The quantitative estimate of drug-likeness (QED) is 0.0529. The fourth-order valence-electron chi connectivity index (χ4n) is 4.77. The van der Waals surface area contributed by atoms with Crippen LogP contribution in [0.2, 0.25) is 0 Å². The number of fused-ring (bicyclic) bond motifs is 1. The van der Waals surface area contributed by atoms with Gasteiger partial charge in [0, 0.05) is 30.7 Å². The molecule has 7 atom stereocenters. The average molecular weight is 906 g/mol. The number of hydrogen-bond acceptors (Lipinski definition) is 19. The van der Waals surface area contributed by atoms with Crippen molar-refractivity contribution in [3.05, 3.63) is 42.5 Å². The van der Waals surface area contributed by atoms with E-state index in [1.54, 1.807) is 0 Å². The van der Waals surface area contributed by atoms with Crippen LogP contribution >= 0.6 is 36.1 Å². The summed E-state index contributed by atoms with van der Waals surface area (Å²) in [6.07, 6.45) is -6.74. The van der Waals surface area contributed by atoms with Crippen LogP contribution in [0.1, 0.15) is 36.9 Å². The standard InChI is InChI=1S/C21H36N7O16P3S.C7H6O3/c1-21(2,16(31)19(32)24-4-3-12(29)23-5-6-48)8-41-47(38,39)44-46(36,37)40-7-11-15(43-45(33,34)35)14(30)20(42-11)28-10-27-13-17(22)25-9-26-18(13)28;8-6-3-1-2-5(4-6)7(9)10/h9-11,14-16,20,30-31,48H,3-8H2,1-2H3,(H,23,29)(H,24,32)(H,36,37)(H,38,39)(H2,22,25,26)(H2,33,34,35);1-4,8H,(H,9,10)/t11-,14-,15-,16+,20-;/m1./s1. The summed E-state index contributed by atoms with van der Waals surface area (Å²) in [6.45, 7) is 0.723. The molecule has 3 heterocycles. The molecular weight excluding hydrogens is 863 g/mol. The molecule has 2 unspecified atom stereocenters. The number of imidazole rings is 1. The van der Waals surface area contributed by atoms with E-state index in [2.05, 4.69) is 47.0 Å². The highest BCUT2D eigenvalue weighted by Crippen LogP contribution is 2.61. The molecule has 1 aliphatic rings. The molecule has 1 fully saturated rings. The Bertz CT molecular complexity index is 2050. The molecule has 30 heteroatoms. The molecule has 0 spiro atoms. The smallest absolute Gasteiger partial charge is 0.481 e. The van der Waals surface area contributed by atoms with Crippen LogP contribution in [0.15, 0.2) is 36.9 Å². The van der Waals surface area contributed by atoms with Crippen LogP contribution in [-0.2, 0) is 45.9 Å². The molecule has 3 aromatic rings. The average Bonchev–Trinajstić information content (AvgIpc) is 3.69. The molecular formula is C28H42N7O19P3S. The fourth-order valence-corrected chi connectivity index (χ4v) is 7.71. The molecule has 1 aliphatic heterocycles. The van der Waals surface area contributed by atoms with Gasteiger partial charge in [0.05, 0.1) is 25.1 Å². The monoisotopic (exact) mass is 905 g/mol. The number of carbonyl (C=O) groups is 3. The largest absolute Gasteiger partial charge is 0.508 e. The number of nitrogens with two attached hydrogens (primary N) is 1. The second-order valence-electron chi connectivity index (χ2n) is 12.6. The van der Waals surface area contributed by atoms with Crippen LogP contribution in [0.25, 0.3) is 11.2 Å². The summed E-state index contributed by atoms with van der Waals surface area (Å²) in [4.78, 5) is 84.9. The number of phosphoric ester groups is 3. The van der Waals surface area contributed by atoms with Gasteiger partial charge in [-0.15, -0.1) is 0 Å². The molecule has 2 aromatic heterocycles. The van der Waals surface area contributed by atoms with Crippen molar-refractivity contribution in [2.75, 3.05) is 37.8 Å². The molecule has 4 rings (SSSR count). The molecule has 324 valence electrons. The number of aromatic nitrogens is 4. The van der Waals surface area contributed by atoms with Gasteiger partial charge in [-0.2, -0.15) is 16.9 Å².